The van der Waals surface area contributed by atoms with Gasteiger partial charge in [-0.3, -0.25) is 0 Å². The minimum atomic E-state index is -4.46. The lowest BCUT2D eigenvalue weighted by Crippen LogP contribution is -2.56. The predicted octanol–water partition coefficient (Wildman–Crippen LogP) is 8.11. The van der Waals surface area contributed by atoms with Gasteiger partial charge in [-0.1, -0.05) is 59.7 Å². The molecule has 6 aromatic rings. The fourth-order valence-corrected chi connectivity index (χ4v) is 8.23. The van der Waals surface area contributed by atoms with Crippen molar-refractivity contribution in [2.24, 2.45) is 0 Å². The van der Waals surface area contributed by atoms with Gasteiger partial charge in [0.15, 0.2) is 28.5 Å². The van der Waals surface area contributed by atoms with Crippen LogP contribution < -0.4 is 14.4 Å². The summed E-state index contributed by atoms with van der Waals surface area (Å²) in [5.74, 6) is -4.40. The van der Waals surface area contributed by atoms with Gasteiger partial charge in [0, 0.05) is 38.7 Å². The number of aromatic nitrogens is 1. The maximum absolute atomic E-state index is 16.9. The van der Waals surface area contributed by atoms with Crippen molar-refractivity contribution in [2.75, 3.05) is 0 Å². The summed E-state index contributed by atoms with van der Waals surface area (Å²) in [6, 6.07) is 22.6. The molecule has 0 N–H and O–H groups in total. The summed E-state index contributed by atoms with van der Waals surface area (Å²) in [4.78, 5) is 1.63. The molecule has 0 spiro atoms. The van der Waals surface area contributed by atoms with Gasteiger partial charge in [-0.25, -0.2) is 13.2 Å². The molecule has 0 fully saturated rings. The Balaban J connectivity index is 1.43. The van der Waals surface area contributed by atoms with Gasteiger partial charge in [0.25, 0.3) is 0 Å². The fraction of sp³-hybridized carbons (Fsp3) is 0.0606. The maximum Gasteiger partial charge on any atom is 0.738 e. The number of thiophene rings is 2. The lowest BCUT2D eigenvalue weighted by atomic mass is 9.85. The monoisotopic (exact) mass is 614 g/mol. The highest BCUT2D eigenvalue weighted by atomic mass is 32.1. The lowest BCUT2D eigenvalue weighted by molar-refractivity contribution is 0.445. The molecular weight excluding hydrogens is 594 g/mol. The second-order valence-electron chi connectivity index (χ2n) is 10.9. The van der Waals surface area contributed by atoms with Crippen molar-refractivity contribution >= 4 is 51.5 Å². The summed E-state index contributed by atoms with van der Waals surface area (Å²) in [6.07, 6.45) is 1.60. The van der Waals surface area contributed by atoms with Gasteiger partial charge in [-0.2, -0.15) is 0 Å². The molecule has 0 saturated carbocycles. The first-order valence-corrected chi connectivity index (χ1v) is 15.2. The van der Waals surface area contributed by atoms with Gasteiger partial charge in [0.05, 0.1) is 10.3 Å². The predicted molar refractivity (Wildman–Crippen MR) is 165 cm³/mol. The largest absolute Gasteiger partial charge is 0.738 e. The van der Waals surface area contributed by atoms with E-state index in [0.29, 0.717) is 20.1 Å². The van der Waals surface area contributed by atoms with E-state index < -0.39 is 24.4 Å². The van der Waals surface area contributed by atoms with Gasteiger partial charge in [-0.15, -0.1) is 22.7 Å². The molecular formula is C33H20BF5N2S2. The molecule has 3 aromatic carbocycles. The normalized spacial score (nSPS) is 15.1. The van der Waals surface area contributed by atoms with Crippen molar-refractivity contribution in [3.63, 3.8) is 0 Å². The molecule has 0 saturated heterocycles. The highest BCUT2D eigenvalue weighted by Crippen LogP contribution is 2.45. The second kappa shape index (κ2) is 9.11. The molecule has 0 unspecified atom stereocenters. The average Bonchev–Trinajstić information content (AvgIpc) is 3.73. The lowest BCUT2D eigenvalue weighted by Gasteiger charge is -2.31. The molecule has 212 valence electrons. The van der Waals surface area contributed by atoms with Crippen molar-refractivity contribution in [1.82, 2.24) is 8.96 Å². The molecule has 2 aliphatic rings. The third kappa shape index (κ3) is 3.79. The van der Waals surface area contributed by atoms with E-state index in [0.717, 1.165) is 53.1 Å². The highest BCUT2D eigenvalue weighted by molar-refractivity contribution is 7.22. The van der Waals surface area contributed by atoms with Gasteiger partial charge < -0.3 is 17.6 Å². The molecule has 2 aliphatic heterocycles. The van der Waals surface area contributed by atoms with Crippen LogP contribution in [0.15, 0.2) is 84.6 Å². The zero-order chi connectivity index (χ0) is 29.8. The second-order valence-corrected chi connectivity index (χ2v) is 13.1. The Hall–Kier alpha value is -4.28. The molecule has 10 heteroatoms. The molecule has 8 rings (SSSR count). The quantitative estimate of drug-likeness (QED) is 0.108. The SMILES string of the molecule is Cc1ccc(-c2cc3c(s2)=CC2=C(c4ccc(F)c(F)c4F)c4cc5sc(-c6ccc(C)cc6)cc5n4[B-](F)(F)[N+]=32)cc1. The molecule has 2 nitrogen and oxygen atoms in total. The average molecular weight is 614 g/mol. The number of nitrogens with zero attached hydrogens (tertiary/aromatic N) is 2. The molecule has 3 aromatic heterocycles. The number of hydrogen-bond donors (Lipinski definition) is 0. The zero-order valence-corrected chi connectivity index (χ0v) is 24.4. The Kier molecular flexibility index (Phi) is 5.59. The van der Waals surface area contributed by atoms with Gasteiger partial charge in [0.1, 0.15) is 4.53 Å². The Morgan fingerprint density at radius 1 is 0.721 bits per heavy atom. The van der Waals surface area contributed by atoms with Crippen LogP contribution in [0.4, 0.5) is 21.8 Å². The standard InChI is InChI=1S/C33H20BF5N2S2/c1-17-3-7-19(8-4-17)27-13-23-29(42-27)15-25-31(21-11-12-22(35)33(37)32(21)36)26-16-30-24(41(26)34(38,39)40(23)25)14-28(43-30)20-9-5-18(2)6-10-20/h3-16H,1-2H3. The van der Waals surface area contributed by atoms with Crippen molar-refractivity contribution in [3.05, 3.63) is 134 Å². The van der Waals surface area contributed by atoms with Crippen LogP contribution in [0.5, 0.6) is 0 Å². The van der Waals surface area contributed by atoms with E-state index >= 15 is 13.0 Å². The Labute approximate surface area is 250 Å². The summed E-state index contributed by atoms with van der Waals surface area (Å²) in [5, 5.41) is 0.294. The summed E-state index contributed by atoms with van der Waals surface area (Å²) < 4.78 is 80.9. The number of allylic oxidation sites excluding steroid dienone is 1. The van der Waals surface area contributed by atoms with Crippen LogP contribution in [0, 0.1) is 31.3 Å². The van der Waals surface area contributed by atoms with E-state index in [4.69, 9.17) is 0 Å². The van der Waals surface area contributed by atoms with E-state index in [1.165, 1.54) is 22.7 Å². The van der Waals surface area contributed by atoms with Crippen LogP contribution in [-0.2, 0) is 0 Å². The number of fused-ring (bicyclic) bond motifs is 5. The molecule has 43 heavy (non-hydrogen) atoms. The number of halogens is 5. The molecule has 0 aliphatic carbocycles. The van der Waals surface area contributed by atoms with E-state index in [1.54, 1.807) is 24.3 Å². The van der Waals surface area contributed by atoms with E-state index in [2.05, 4.69) is 0 Å². The fourth-order valence-electron chi connectivity index (χ4n) is 6.04. The van der Waals surface area contributed by atoms with Crippen LogP contribution in [0.25, 0.3) is 42.7 Å². The smallest absolute Gasteiger partial charge is 0.389 e. The molecule has 0 radical (unpaired) electrons. The van der Waals surface area contributed by atoms with E-state index in [9.17, 15) is 8.78 Å². The first kappa shape index (κ1) is 26.4. The summed E-state index contributed by atoms with van der Waals surface area (Å²) in [6.45, 7) is -0.515. The highest BCUT2D eigenvalue weighted by Gasteiger charge is 2.54. The Morgan fingerprint density at radius 2 is 1.35 bits per heavy atom. The number of rotatable bonds is 3. The van der Waals surface area contributed by atoms with Gasteiger partial charge in [-0.05, 0) is 49.2 Å². The van der Waals surface area contributed by atoms with E-state index in [1.807, 2.05) is 62.4 Å². The number of aryl methyl sites for hydroxylation is 2. The molecule has 0 atom stereocenters. The first-order valence-electron chi connectivity index (χ1n) is 13.6. The van der Waals surface area contributed by atoms with Gasteiger partial charge >= 0.3 is 6.97 Å². The topological polar surface area (TPSA) is 7.94 Å². The van der Waals surface area contributed by atoms with Crippen LogP contribution in [0.3, 0.4) is 0 Å². The van der Waals surface area contributed by atoms with Crippen molar-refractivity contribution in [3.8, 4) is 20.9 Å². The van der Waals surface area contributed by atoms with Crippen molar-refractivity contribution in [2.45, 2.75) is 13.8 Å². The summed E-state index contributed by atoms with van der Waals surface area (Å²) in [7, 11) is 0. The van der Waals surface area contributed by atoms with Crippen LogP contribution >= 0.6 is 22.7 Å². The van der Waals surface area contributed by atoms with Crippen LogP contribution in [-0.4, -0.2) is 11.4 Å². The Morgan fingerprint density at radius 3 is 2.00 bits per heavy atom. The van der Waals surface area contributed by atoms with E-state index in [-0.39, 0.29) is 22.5 Å². The first-order chi connectivity index (χ1) is 20.6. The van der Waals surface area contributed by atoms with Crippen LogP contribution in [0.1, 0.15) is 22.4 Å². The molecule has 0 amide bonds. The summed E-state index contributed by atoms with van der Waals surface area (Å²) >= 11 is 2.70. The minimum absolute atomic E-state index is 0.0584. The van der Waals surface area contributed by atoms with Crippen molar-refractivity contribution < 1.29 is 21.8 Å². The van der Waals surface area contributed by atoms with Gasteiger partial charge in [0.2, 0.25) is 0 Å². The zero-order valence-electron chi connectivity index (χ0n) is 22.8. The minimum Gasteiger partial charge on any atom is -0.389 e. The summed E-state index contributed by atoms with van der Waals surface area (Å²) in [5.41, 5.74) is 4.18. The Bertz CT molecular complexity index is 2310. The maximum atomic E-state index is 16.9. The third-order valence-electron chi connectivity index (χ3n) is 8.16. The third-order valence-corrected chi connectivity index (χ3v) is 10.4. The molecule has 0 bridgehead atoms. The molecule has 5 heterocycles. The number of benzene rings is 3. The number of hydrogen-bond acceptors (Lipinski definition) is 2. The van der Waals surface area contributed by atoms with Crippen LogP contribution in [0.2, 0.25) is 0 Å². The van der Waals surface area contributed by atoms with Crippen molar-refractivity contribution in [1.29, 1.82) is 0 Å².